The van der Waals surface area contributed by atoms with Crippen LogP contribution in [0.1, 0.15) is 36.8 Å². The zero-order valence-corrected chi connectivity index (χ0v) is 24.0. The molecule has 0 radical (unpaired) electrons. The van der Waals surface area contributed by atoms with E-state index in [0.717, 1.165) is 0 Å². The highest BCUT2D eigenvalue weighted by atomic mass is 79.9. The summed E-state index contributed by atoms with van der Waals surface area (Å²) in [5.74, 6) is 0.194. The van der Waals surface area contributed by atoms with E-state index < -0.39 is 17.6 Å². The van der Waals surface area contributed by atoms with Crippen molar-refractivity contribution >= 4 is 39.4 Å². The summed E-state index contributed by atoms with van der Waals surface area (Å²) in [5.41, 5.74) is 0.487. The van der Waals surface area contributed by atoms with Gasteiger partial charge in [-0.1, -0.05) is 12.1 Å². The Morgan fingerprint density at radius 3 is 2.45 bits per heavy atom. The molecule has 2 rings (SSSR count). The number of hydrogen-bond acceptors (Lipinski definition) is 10. The van der Waals surface area contributed by atoms with Gasteiger partial charge in [-0.25, -0.2) is 14.8 Å². The number of hydrogen-bond donors (Lipinski definition) is 3. The van der Waals surface area contributed by atoms with Gasteiger partial charge in [0.15, 0.2) is 11.5 Å². The molecule has 12 nitrogen and oxygen atoms in total. The smallest absolute Gasteiger partial charge is 0.410 e. The Bertz CT molecular complexity index is 1060. The number of para-hydroxylation sites is 1. The average Bonchev–Trinajstić information content (AvgIpc) is 2.85. The third-order valence-electron chi connectivity index (χ3n) is 4.73. The highest BCUT2D eigenvalue weighted by Gasteiger charge is 2.23. The van der Waals surface area contributed by atoms with Crippen LogP contribution >= 0.6 is 15.9 Å². The van der Waals surface area contributed by atoms with Crippen LogP contribution in [-0.2, 0) is 20.8 Å². The summed E-state index contributed by atoms with van der Waals surface area (Å²) < 4.78 is 22.6. The van der Waals surface area contributed by atoms with E-state index in [1.165, 1.54) is 11.1 Å². The molecule has 0 atom stereocenters. The van der Waals surface area contributed by atoms with Crippen molar-refractivity contribution in [1.82, 2.24) is 14.9 Å². The quantitative estimate of drug-likeness (QED) is 0.277. The largest absolute Gasteiger partial charge is 0.489 e. The molecule has 13 heteroatoms. The average molecular weight is 598 g/mol. The van der Waals surface area contributed by atoms with Gasteiger partial charge in [0.1, 0.15) is 22.6 Å². The van der Waals surface area contributed by atoms with Crippen LogP contribution in [-0.4, -0.2) is 91.3 Å². The topological polar surface area (TPSA) is 144 Å². The highest BCUT2D eigenvalue weighted by Crippen LogP contribution is 2.31. The molecule has 2 aromatic rings. The SMILES string of the molecule is CNc1ncc(Br)nc1C(=O)Nc1cccc(CN(C)C(=O)OC(C)(C)C)c1OCCOCCOCCO. The summed E-state index contributed by atoms with van der Waals surface area (Å²) in [4.78, 5) is 35.5. The van der Waals surface area contributed by atoms with Crippen LogP contribution in [0.3, 0.4) is 0 Å². The zero-order chi connectivity index (χ0) is 28.1. The standard InChI is InChI=1S/C25H36BrN5O7/c1-25(2,3)38-24(34)31(5)16-17-7-6-8-18(21(17)37-14-13-36-12-11-35-10-9-32)29-23(33)20-22(27-4)28-15-19(26)30-20/h6-8,15,32H,9-14,16H2,1-5H3,(H,27,28)(H,29,33). The first kappa shape index (κ1) is 31.2. The fourth-order valence-corrected chi connectivity index (χ4v) is 3.40. The van der Waals surface area contributed by atoms with Crippen molar-refractivity contribution in [3.8, 4) is 5.75 Å². The Hall–Kier alpha value is -3.00. The van der Waals surface area contributed by atoms with Gasteiger partial charge in [-0.3, -0.25) is 4.79 Å². The number of aliphatic hydroxyl groups excluding tert-OH is 1. The molecular weight excluding hydrogens is 562 g/mol. The minimum absolute atomic E-state index is 0.0482. The van der Waals surface area contributed by atoms with Crippen LogP contribution in [0, 0.1) is 0 Å². The van der Waals surface area contributed by atoms with E-state index in [1.807, 2.05) is 0 Å². The van der Waals surface area contributed by atoms with E-state index in [4.69, 9.17) is 24.1 Å². The monoisotopic (exact) mass is 597 g/mol. The van der Waals surface area contributed by atoms with Crippen LogP contribution in [0.15, 0.2) is 29.0 Å². The van der Waals surface area contributed by atoms with E-state index in [1.54, 1.807) is 53.1 Å². The number of carbonyl (C=O) groups is 2. The molecule has 1 aromatic heterocycles. The van der Waals surface area contributed by atoms with Gasteiger partial charge in [0.05, 0.1) is 51.5 Å². The first-order valence-corrected chi connectivity index (χ1v) is 12.8. The second-order valence-electron chi connectivity index (χ2n) is 9.02. The number of aliphatic hydroxyl groups is 1. The lowest BCUT2D eigenvalue weighted by Gasteiger charge is -2.25. The zero-order valence-electron chi connectivity index (χ0n) is 22.4. The first-order valence-electron chi connectivity index (χ1n) is 12.0. The summed E-state index contributed by atoms with van der Waals surface area (Å²) in [5, 5.41) is 14.4. The fraction of sp³-hybridized carbons (Fsp3) is 0.520. The Balaban J connectivity index is 2.22. The molecule has 0 saturated heterocycles. The number of benzene rings is 1. The van der Waals surface area contributed by atoms with Gasteiger partial charge < -0.3 is 39.6 Å². The van der Waals surface area contributed by atoms with Crippen molar-refractivity contribution in [2.75, 3.05) is 64.4 Å². The summed E-state index contributed by atoms with van der Waals surface area (Å²) in [6, 6.07) is 5.24. The van der Waals surface area contributed by atoms with Gasteiger partial charge in [0.25, 0.3) is 5.91 Å². The molecule has 0 unspecified atom stereocenters. The van der Waals surface area contributed by atoms with E-state index in [2.05, 4.69) is 36.5 Å². The van der Waals surface area contributed by atoms with Crippen LogP contribution in [0.5, 0.6) is 5.75 Å². The number of aromatic nitrogens is 2. The van der Waals surface area contributed by atoms with E-state index in [0.29, 0.717) is 40.6 Å². The lowest BCUT2D eigenvalue weighted by molar-refractivity contribution is 0.0241. The second kappa shape index (κ2) is 15.4. The lowest BCUT2D eigenvalue weighted by Crippen LogP contribution is -2.34. The van der Waals surface area contributed by atoms with Gasteiger partial charge in [-0.2, -0.15) is 0 Å². The Labute approximate surface area is 231 Å². The molecule has 210 valence electrons. The number of halogens is 1. The highest BCUT2D eigenvalue weighted by molar-refractivity contribution is 9.10. The van der Waals surface area contributed by atoms with E-state index in [9.17, 15) is 9.59 Å². The third kappa shape index (κ3) is 10.4. The Kier molecular flexibility index (Phi) is 12.7. The fourth-order valence-electron chi connectivity index (χ4n) is 3.12. The molecule has 0 bridgehead atoms. The normalized spacial score (nSPS) is 11.1. The van der Waals surface area contributed by atoms with Crippen LogP contribution < -0.4 is 15.4 Å². The van der Waals surface area contributed by atoms with Gasteiger partial charge in [0, 0.05) is 19.7 Å². The maximum Gasteiger partial charge on any atom is 0.410 e. The molecule has 0 aliphatic carbocycles. The molecule has 3 N–H and O–H groups in total. The van der Waals surface area contributed by atoms with Crippen LogP contribution in [0.25, 0.3) is 0 Å². The second-order valence-corrected chi connectivity index (χ2v) is 9.83. The minimum Gasteiger partial charge on any atom is -0.489 e. The predicted molar refractivity (Wildman–Crippen MR) is 146 cm³/mol. The maximum absolute atomic E-state index is 13.1. The number of rotatable bonds is 14. The molecule has 1 heterocycles. The van der Waals surface area contributed by atoms with Gasteiger partial charge >= 0.3 is 6.09 Å². The van der Waals surface area contributed by atoms with Crippen molar-refractivity contribution in [1.29, 1.82) is 0 Å². The van der Waals surface area contributed by atoms with Crippen molar-refractivity contribution in [3.63, 3.8) is 0 Å². The van der Waals surface area contributed by atoms with E-state index >= 15 is 0 Å². The Morgan fingerprint density at radius 1 is 1.11 bits per heavy atom. The molecule has 0 aliphatic rings. The summed E-state index contributed by atoms with van der Waals surface area (Å²) in [6.45, 7) is 6.87. The van der Waals surface area contributed by atoms with E-state index in [-0.39, 0.29) is 38.7 Å². The molecule has 0 spiro atoms. The molecule has 0 fully saturated rings. The molecule has 0 saturated carbocycles. The minimum atomic E-state index is -0.644. The molecular formula is C25H36BrN5O7. The van der Waals surface area contributed by atoms with Gasteiger partial charge in [-0.05, 0) is 42.8 Å². The van der Waals surface area contributed by atoms with Gasteiger partial charge in [0.2, 0.25) is 0 Å². The number of nitrogens with zero attached hydrogens (tertiary/aromatic N) is 3. The molecule has 1 aromatic carbocycles. The third-order valence-corrected chi connectivity index (χ3v) is 5.12. The van der Waals surface area contributed by atoms with Gasteiger partial charge in [-0.15, -0.1) is 0 Å². The number of ether oxygens (including phenoxy) is 4. The van der Waals surface area contributed by atoms with Crippen LogP contribution in [0.4, 0.5) is 16.3 Å². The van der Waals surface area contributed by atoms with Crippen molar-refractivity contribution in [3.05, 3.63) is 40.3 Å². The summed E-state index contributed by atoms with van der Waals surface area (Å²) >= 11 is 3.24. The van der Waals surface area contributed by atoms with Crippen molar-refractivity contribution in [2.45, 2.75) is 32.9 Å². The maximum atomic E-state index is 13.1. The first-order chi connectivity index (χ1) is 18.1. The summed E-state index contributed by atoms with van der Waals surface area (Å²) in [6.07, 6.45) is 0.992. The molecule has 2 amide bonds. The summed E-state index contributed by atoms with van der Waals surface area (Å²) in [7, 11) is 3.26. The lowest BCUT2D eigenvalue weighted by atomic mass is 10.1. The number of amides is 2. The molecule has 0 aliphatic heterocycles. The Morgan fingerprint density at radius 2 is 1.79 bits per heavy atom. The van der Waals surface area contributed by atoms with Crippen molar-refractivity contribution < 1.29 is 33.6 Å². The number of nitrogens with one attached hydrogen (secondary N) is 2. The predicted octanol–water partition coefficient (Wildman–Crippen LogP) is 3.30. The number of anilines is 2. The van der Waals surface area contributed by atoms with Crippen molar-refractivity contribution in [2.24, 2.45) is 0 Å². The molecule has 38 heavy (non-hydrogen) atoms. The van der Waals surface area contributed by atoms with Crippen LogP contribution in [0.2, 0.25) is 0 Å². The number of carbonyl (C=O) groups excluding carboxylic acids is 2.